The molecule has 118 valence electrons. The maximum Gasteiger partial charge on any atom is 0.374 e. The lowest BCUT2D eigenvalue weighted by molar-refractivity contribution is -0.164. The molecule has 0 fully saturated rings. The van der Waals surface area contributed by atoms with Gasteiger partial charge in [-0.1, -0.05) is 0 Å². The summed E-state index contributed by atoms with van der Waals surface area (Å²) >= 11 is 0. The molecule has 11 nitrogen and oxygen atoms in total. The lowest BCUT2D eigenvalue weighted by Gasteiger charge is -2.23. The van der Waals surface area contributed by atoms with E-state index in [0.717, 1.165) is 0 Å². The number of rotatable bonds is 7. The van der Waals surface area contributed by atoms with Gasteiger partial charge in [0.05, 0.1) is 6.61 Å². The molecule has 20 heavy (non-hydrogen) atoms. The Hall–Kier alpha value is -1.63. The second-order valence-corrected chi connectivity index (χ2v) is 3.40. The van der Waals surface area contributed by atoms with E-state index in [1.54, 1.807) is 0 Å². The molecule has 0 heterocycles. The Labute approximate surface area is 112 Å². The molecule has 0 rings (SSSR count). The summed E-state index contributed by atoms with van der Waals surface area (Å²) in [6.07, 6.45) is -7.84. The van der Waals surface area contributed by atoms with Gasteiger partial charge in [-0.05, 0) is 0 Å². The largest absolute Gasteiger partial charge is 0.479 e. The summed E-state index contributed by atoms with van der Waals surface area (Å²) in [5.41, 5.74) is 0. The van der Waals surface area contributed by atoms with Gasteiger partial charge >= 0.3 is 11.9 Å². The molecule has 0 aromatic carbocycles. The van der Waals surface area contributed by atoms with Gasteiger partial charge in [0.15, 0.2) is 6.10 Å². The zero-order valence-electron chi connectivity index (χ0n) is 10.0. The highest BCUT2D eigenvalue weighted by molar-refractivity contribution is 6.33. The molecular weight excluding hydrogens is 284 g/mol. The minimum atomic E-state index is -2.20. The average Bonchev–Trinajstić information content (AvgIpc) is 2.43. The highest BCUT2D eigenvalue weighted by Gasteiger charge is 2.33. The van der Waals surface area contributed by atoms with E-state index < -0.39 is 55.4 Å². The normalized spacial score (nSPS) is 16.1. The van der Waals surface area contributed by atoms with Crippen molar-refractivity contribution in [3.63, 3.8) is 0 Å². The van der Waals surface area contributed by atoms with Crippen molar-refractivity contribution in [1.29, 1.82) is 0 Å². The Morgan fingerprint density at radius 3 is 1.50 bits per heavy atom. The third kappa shape index (κ3) is 7.73. The minimum Gasteiger partial charge on any atom is -0.479 e. The van der Waals surface area contributed by atoms with Crippen LogP contribution >= 0.6 is 0 Å². The molecule has 0 amide bonds. The standard InChI is InChI=1S/C6H12O7.C3H4O4/c7-1-2(8)3(9)4(10)5(11)6(12)13;4-1-2(5)3(6)7/h2-5,7-11H,1H2,(H,12,13);4H,1H2,(H,6,7)/t2-,3-,4+,5-;/m1./s1. The fourth-order valence-electron chi connectivity index (χ4n) is 0.736. The van der Waals surface area contributed by atoms with Crippen LogP contribution in [-0.4, -0.2) is 96.2 Å². The Morgan fingerprint density at radius 2 is 1.30 bits per heavy atom. The van der Waals surface area contributed by atoms with E-state index in [9.17, 15) is 14.4 Å². The number of hydrogen-bond acceptors (Lipinski definition) is 9. The van der Waals surface area contributed by atoms with E-state index in [-0.39, 0.29) is 0 Å². The number of Topliss-reactive ketones (excluding diaryl/α,β-unsaturated/α-hetero) is 1. The third-order valence-electron chi connectivity index (χ3n) is 1.89. The van der Waals surface area contributed by atoms with Crippen molar-refractivity contribution in [2.75, 3.05) is 13.2 Å². The molecule has 11 heteroatoms. The number of ketones is 1. The van der Waals surface area contributed by atoms with Crippen LogP contribution in [0, 0.1) is 0 Å². The molecule has 0 aliphatic rings. The average molecular weight is 300 g/mol. The first-order chi connectivity index (χ1) is 9.09. The quantitative estimate of drug-likeness (QED) is 0.209. The van der Waals surface area contributed by atoms with Crippen LogP contribution in [0.5, 0.6) is 0 Å². The fourth-order valence-corrected chi connectivity index (χ4v) is 0.736. The molecule has 0 aromatic heterocycles. The van der Waals surface area contributed by atoms with Crippen LogP contribution in [0.3, 0.4) is 0 Å². The van der Waals surface area contributed by atoms with Gasteiger partial charge < -0.3 is 40.9 Å². The van der Waals surface area contributed by atoms with Crippen LogP contribution in [0.2, 0.25) is 0 Å². The number of carbonyl (C=O) groups is 3. The molecule has 0 aliphatic heterocycles. The Kier molecular flexibility index (Phi) is 10.5. The van der Waals surface area contributed by atoms with Crippen LogP contribution < -0.4 is 0 Å². The van der Waals surface area contributed by atoms with E-state index in [4.69, 9.17) is 40.9 Å². The lowest BCUT2D eigenvalue weighted by atomic mass is 10.0. The van der Waals surface area contributed by atoms with E-state index in [1.165, 1.54) is 0 Å². The molecule has 8 N–H and O–H groups in total. The zero-order chi connectivity index (χ0) is 16.5. The Bertz CT molecular complexity index is 328. The Morgan fingerprint density at radius 1 is 0.850 bits per heavy atom. The maximum absolute atomic E-state index is 10.1. The van der Waals surface area contributed by atoms with Crippen molar-refractivity contribution in [3.8, 4) is 0 Å². The van der Waals surface area contributed by atoms with Crippen molar-refractivity contribution in [1.82, 2.24) is 0 Å². The Balaban J connectivity index is 0. The molecule has 0 saturated heterocycles. The molecule has 0 spiro atoms. The van der Waals surface area contributed by atoms with Gasteiger partial charge in [0, 0.05) is 0 Å². The number of aliphatic hydroxyl groups excluding tert-OH is 6. The van der Waals surface area contributed by atoms with Crippen LogP contribution in [0.1, 0.15) is 0 Å². The van der Waals surface area contributed by atoms with Crippen molar-refractivity contribution >= 4 is 17.7 Å². The molecule has 0 unspecified atom stereocenters. The summed E-state index contributed by atoms with van der Waals surface area (Å²) in [6, 6.07) is 0. The predicted molar refractivity (Wildman–Crippen MR) is 58.5 cm³/mol. The first kappa shape index (κ1) is 20.7. The van der Waals surface area contributed by atoms with E-state index in [0.29, 0.717) is 0 Å². The molecular formula is C9H16O11. The van der Waals surface area contributed by atoms with Gasteiger partial charge in [-0.2, -0.15) is 0 Å². The van der Waals surface area contributed by atoms with Gasteiger partial charge in [0.25, 0.3) is 5.78 Å². The second-order valence-electron chi connectivity index (χ2n) is 3.40. The van der Waals surface area contributed by atoms with Gasteiger partial charge in [-0.25, -0.2) is 9.59 Å². The smallest absolute Gasteiger partial charge is 0.374 e. The number of carboxylic acids is 2. The molecule has 0 saturated carbocycles. The van der Waals surface area contributed by atoms with Gasteiger partial charge in [-0.15, -0.1) is 0 Å². The third-order valence-corrected chi connectivity index (χ3v) is 1.89. The van der Waals surface area contributed by atoms with Crippen molar-refractivity contribution in [3.05, 3.63) is 0 Å². The number of hydrogen-bond donors (Lipinski definition) is 8. The summed E-state index contributed by atoms with van der Waals surface area (Å²) < 4.78 is 0. The summed E-state index contributed by atoms with van der Waals surface area (Å²) in [4.78, 5) is 29.2. The van der Waals surface area contributed by atoms with Gasteiger partial charge in [-0.3, -0.25) is 4.79 Å². The monoisotopic (exact) mass is 300 g/mol. The fraction of sp³-hybridized carbons (Fsp3) is 0.667. The van der Waals surface area contributed by atoms with E-state index in [2.05, 4.69) is 0 Å². The zero-order valence-corrected chi connectivity index (χ0v) is 10.0. The summed E-state index contributed by atoms with van der Waals surface area (Å²) in [6.45, 7) is -1.76. The number of aliphatic carboxylic acids is 2. The molecule has 0 radical (unpaired) electrons. The number of carbonyl (C=O) groups excluding carboxylic acids is 1. The van der Waals surface area contributed by atoms with Gasteiger partial charge in [0.2, 0.25) is 0 Å². The second kappa shape index (κ2) is 10.2. The lowest BCUT2D eigenvalue weighted by Crippen LogP contribution is -2.48. The number of carboxylic acid groups (broad SMARTS) is 2. The topological polar surface area (TPSA) is 213 Å². The van der Waals surface area contributed by atoms with E-state index in [1.807, 2.05) is 0 Å². The first-order valence-electron chi connectivity index (χ1n) is 5.03. The van der Waals surface area contributed by atoms with Crippen molar-refractivity contribution in [2.24, 2.45) is 0 Å². The number of aliphatic hydroxyl groups is 6. The maximum atomic E-state index is 10.1. The summed E-state index contributed by atoms with van der Waals surface area (Å²) in [5, 5.41) is 67.3. The predicted octanol–water partition coefficient (Wildman–Crippen LogP) is -4.86. The highest BCUT2D eigenvalue weighted by atomic mass is 16.4. The molecule has 0 bridgehead atoms. The first-order valence-corrected chi connectivity index (χ1v) is 5.03. The van der Waals surface area contributed by atoms with Crippen LogP contribution in [-0.2, 0) is 14.4 Å². The van der Waals surface area contributed by atoms with Gasteiger partial charge in [0.1, 0.15) is 24.9 Å². The van der Waals surface area contributed by atoms with Crippen molar-refractivity contribution < 1.29 is 55.2 Å². The van der Waals surface area contributed by atoms with Crippen LogP contribution in [0.4, 0.5) is 0 Å². The molecule has 0 aromatic rings. The van der Waals surface area contributed by atoms with Crippen molar-refractivity contribution in [2.45, 2.75) is 24.4 Å². The molecule has 0 aliphatic carbocycles. The van der Waals surface area contributed by atoms with E-state index >= 15 is 0 Å². The SMILES string of the molecule is O=C(O)C(=O)CO.O=C(O)[C@H](O)[C@@H](O)[C@H](O)[C@H](O)CO. The molecule has 4 atom stereocenters. The summed E-state index contributed by atoms with van der Waals surface area (Å²) in [7, 11) is 0. The highest BCUT2D eigenvalue weighted by Crippen LogP contribution is 2.04. The van der Waals surface area contributed by atoms with Crippen LogP contribution in [0.25, 0.3) is 0 Å². The summed E-state index contributed by atoms with van der Waals surface area (Å²) in [5.74, 6) is -4.50. The minimum absolute atomic E-state index is 0.843. The van der Waals surface area contributed by atoms with Crippen LogP contribution in [0.15, 0.2) is 0 Å².